The van der Waals surface area contributed by atoms with E-state index in [1.807, 2.05) is 0 Å². The molecule has 0 heterocycles. The number of hydrogen-bond acceptors (Lipinski definition) is 4. The average molecular weight is 350 g/mol. The van der Waals surface area contributed by atoms with E-state index in [0.717, 1.165) is 8.78 Å². The molecule has 8 heteroatoms. The van der Waals surface area contributed by atoms with E-state index in [0.29, 0.717) is 11.3 Å². The summed E-state index contributed by atoms with van der Waals surface area (Å²) >= 11 is 3.25. The first-order chi connectivity index (χ1) is 8.74. The Kier molecular flexibility index (Phi) is 5.33. The molecule has 0 radical (unpaired) electrons. The number of nitrogens with zero attached hydrogens (tertiary/aromatic N) is 1. The highest BCUT2D eigenvalue weighted by Crippen LogP contribution is 2.18. The summed E-state index contributed by atoms with van der Waals surface area (Å²) < 4.78 is 24.9. The molecule has 6 nitrogen and oxygen atoms in total. The van der Waals surface area contributed by atoms with Crippen LogP contribution in [0.4, 0.5) is 5.69 Å². The Morgan fingerprint density at radius 2 is 2.05 bits per heavy atom. The van der Waals surface area contributed by atoms with E-state index in [1.165, 1.54) is 14.1 Å². The third kappa shape index (κ3) is 4.48. The second-order valence-corrected chi connectivity index (χ2v) is 7.30. The lowest BCUT2D eigenvalue weighted by Gasteiger charge is -2.12. The van der Waals surface area contributed by atoms with Crippen molar-refractivity contribution in [1.29, 1.82) is 0 Å². The second-order valence-electron chi connectivity index (χ2n) is 4.09. The maximum atomic E-state index is 11.9. The Labute approximate surface area is 121 Å². The van der Waals surface area contributed by atoms with Gasteiger partial charge >= 0.3 is 0 Å². The van der Waals surface area contributed by atoms with Crippen molar-refractivity contribution in [3.05, 3.63) is 28.2 Å². The van der Waals surface area contributed by atoms with Gasteiger partial charge in [-0.1, -0.05) is 15.9 Å². The van der Waals surface area contributed by atoms with E-state index < -0.39 is 15.9 Å². The number of anilines is 1. The Bertz CT molecular complexity index is 573. The molecule has 0 aliphatic carbocycles. The highest BCUT2D eigenvalue weighted by atomic mass is 79.9. The largest absolute Gasteiger partial charge is 0.398 e. The number of nitrogens with one attached hydrogen (secondary N) is 1. The van der Waals surface area contributed by atoms with Gasteiger partial charge in [-0.15, -0.1) is 0 Å². The third-order valence-electron chi connectivity index (χ3n) is 2.46. The average Bonchev–Trinajstić information content (AvgIpc) is 2.31. The molecule has 1 rings (SSSR count). The first kappa shape index (κ1) is 15.9. The predicted octanol–water partition coefficient (Wildman–Crippen LogP) is 0.653. The third-order valence-corrected chi connectivity index (χ3v) is 4.79. The molecule has 1 aromatic carbocycles. The van der Waals surface area contributed by atoms with Crippen LogP contribution in [0.2, 0.25) is 0 Å². The molecule has 0 aliphatic heterocycles. The molecule has 0 saturated carbocycles. The molecule has 0 saturated heterocycles. The van der Waals surface area contributed by atoms with E-state index in [1.54, 1.807) is 18.2 Å². The number of carbonyl (C=O) groups is 1. The molecule has 0 bridgehead atoms. The van der Waals surface area contributed by atoms with E-state index in [2.05, 4.69) is 21.2 Å². The molecular weight excluding hydrogens is 334 g/mol. The molecule has 0 aliphatic rings. The number of nitrogen functional groups attached to an aromatic ring is 1. The van der Waals surface area contributed by atoms with Gasteiger partial charge in [-0.05, 0) is 18.2 Å². The monoisotopic (exact) mass is 349 g/mol. The normalized spacial score (nSPS) is 11.6. The van der Waals surface area contributed by atoms with Gasteiger partial charge < -0.3 is 11.1 Å². The van der Waals surface area contributed by atoms with Crippen LogP contribution in [0.5, 0.6) is 0 Å². The number of benzene rings is 1. The lowest BCUT2D eigenvalue weighted by Crippen LogP contribution is -2.34. The van der Waals surface area contributed by atoms with Crippen LogP contribution in [-0.2, 0) is 10.0 Å². The Balaban J connectivity index is 2.64. The zero-order chi connectivity index (χ0) is 14.6. The van der Waals surface area contributed by atoms with Crippen LogP contribution in [0.1, 0.15) is 10.4 Å². The molecule has 0 aromatic heterocycles. The van der Waals surface area contributed by atoms with Crippen molar-refractivity contribution < 1.29 is 13.2 Å². The molecule has 0 fully saturated rings. The summed E-state index contributed by atoms with van der Waals surface area (Å²) in [6.45, 7) is 0.0330. The SMILES string of the molecule is CN(C)S(=O)(=O)CCNC(=O)c1cc(Br)ccc1N. The van der Waals surface area contributed by atoms with E-state index >= 15 is 0 Å². The lowest BCUT2D eigenvalue weighted by atomic mass is 10.2. The van der Waals surface area contributed by atoms with Crippen LogP contribution in [0.3, 0.4) is 0 Å². The van der Waals surface area contributed by atoms with E-state index in [9.17, 15) is 13.2 Å². The Morgan fingerprint density at radius 3 is 2.63 bits per heavy atom. The van der Waals surface area contributed by atoms with Crippen LogP contribution < -0.4 is 11.1 Å². The van der Waals surface area contributed by atoms with Crippen LogP contribution in [-0.4, -0.2) is 45.0 Å². The van der Waals surface area contributed by atoms with Crippen LogP contribution in [0, 0.1) is 0 Å². The van der Waals surface area contributed by atoms with Crippen molar-refractivity contribution >= 4 is 37.5 Å². The molecule has 106 valence electrons. The summed E-state index contributed by atoms with van der Waals surface area (Å²) in [5, 5.41) is 2.53. The highest BCUT2D eigenvalue weighted by molar-refractivity contribution is 9.10. The number of hydrogen-bond donors (Lipinski definition) is 2. The van der Waals surface area contributed by atoms with Crippen molar-refractivity contribution in [3.8, 4) is 0 Å². The minimum absolute atomic E-state index is 0.0330. The predicted molar refractivity (Wildman–Crippen MR) is 78.4 cm³/mol. The van der Waals surface area contributed by atoms with Crippen molar-refractivity contribution in [1.82, 2.24) is 9.62 Å². The highest BCUT2D eigenvalue weighted by Gasteiger charge is 2.15. The summed E-state index contributed by atoms with van der Waals surface area (Å²) in [6, 6.07) is 4.92. The van der Waals surface area contributed by atoms with E-state index in [4.69, 9.17) is 5.73 Å². The molecule has 0 unspecified atom stereocenters. The summed E-state index contributed by atoms with van der Waals surface area (Å²) in [6.07, 6.45) is 0. The minimum atomic E-state index is -3.32. The van der Waals surface area contributed by atoms with Gasteiger partial charge in [0.2, 0.25) is 10.0 Å². The maximum Gasteiger partial charge on any atom is 0.253 e. The maximum absolute atomic E-state index is 11.9. The number of sulfonamides is 1. The molecular formula is C11H16BrN3O3S. The molecule has 1 aromatic rings. The molecule has 0 atom stereocenters. The summed E-state index contributed by atoms with van der Waals surface area (Å²) in [7, 11) is -0.421. The quantitative estimate of drug-likeness (QED) is 0.763. The molecule has 19 heavy (non-hydrogen) atoms. The van der Waals surface area contributed by atoms with Gasteiger partial charge in [-0.25, -0.2) is 12.7 Å². The second kappa shape index (κ2) is 6.36. The lowest BCUT2D eigenvalue weighted by molar-refractivity contribution is 0.0957. The molecule has 1 amide bonds. The number of rotatable bonds is 5. The summed E-state index contributed by atoms with van der Waals surface area (Å²) in [4.78, 5) is 11.9. The number of carbonyl (C=O) groups excluding carboxylic acids is 1. The van der Waals surface area contributed by atoms with Gasteiger partial charge in [0.15, 0.2) is 0 Å². The van der Waals surface area contributed by atoms with Crippen molar-refractivity contribution in [2.24, 2.45) is 0 Å². The van der Waals surface area contributed by atoms with Crippen LogP contribution >= 0.6 is 15.9 Å². The summed E-state index contributed by atoms with van der Waals surface area (Å²) in [5.74, 6) is -0.549. The fraction of sp³-hybridized carbons (Fsp3) is 0.364. The summed E-state index contributed by atoms with van der Waals surface area (Å²) in [5.41, 5.74) is 6.35. The smallest absolute Gasteiger partial charge is 0.253 e. The Morgan fingerprint density at radius 1 is 1.42 bits per heavy atom. The van der Waals surface area contributed by atoms with Gasteiger partial charge in [0, 0.05) is 30.8 Å². The number of amides is 1. The Hall–Kier alpha value is -1.12. The fourth-order valence-corrected chi connectivity index (χ4v) is 2.38. The topological polar surface area (TPSA) is 92.5 Å². The van der Waals surface area contributed by atoms with E-state index in [-0.39, 0.29) is 12.3 Å². The first-order valence-corrected chi connectivity index (χ1v) is 7.87. The number of nitrogens with two attached hydrogens (primary N) is 1. The van der Waals surface area contributed by atoms with Gasteiger partial charge in [0.1, 0.15) is 0 Å². The standard InChI is InChI=1S/C11H16BrN3O3S/c1-15(2)19(17,18)6-5-14-11(16)9-7-8(12)3-4-10(9)13/h3-4,7H,5-6,13H2,1-2H3,(H,14,16). The first-order valence-electron chi connectivity index (χ1n) is 5.47. The fourth-order valence-electron chi connectivity index (χ4n) is 1.30. The zero-order valence-electron chi connectivity index (χ0n) is 10.7. The minimum Gasteiger partial charge on any atom is -0.398 e. The van der Waals surface area contributed by atoms with Gasteiger partial charge in [-0.3, -0.25) is 4.79 Å². The van der Waals surface area contributed by atoms with Gasteiger partial charge in [0.05, 0.1) is 11.3 Å². The number of halogens is 1. The van der Waals surface area contributed by atoms with Crippen LogP contribution in [0.25, 0.3) is 0 Å². The van der Waals surface area contributed by atoms with Crippen LogP contribution in [0.15, 0.2) is 22.7 Å². The molecule has 0 spiro atoms. The zero-order valence-corrected chi connectivity index (χ0v) is 13.1. The van der Waals surface area contributed by atoms with Crippen molar-refractivity contribution in [3.63, 3.8) is 0 Å². The van der Waals surface area contributed by atoms with Crippen molar-refractivity contribution in [2.45, 2.75) is 0 Å². The van der Waals surface area contributed by atoms with Gasteiger partial charge in [0.25, 0.3) is 5.91 Å². The van der Waals surface area contributed by atoms with Gasteiger partial charge in [-0.2, -0.15) is 0 Å². The molecule has 3 N–H and O–H groups in total. The van der Waals surface area contributed by atoms with Crippen molar-refractivity contribution in [2.75, 3.05) is 32.1 Å².